The summed E-state index contributed by atoms with van der Waals surface area (Å²) in [5, 5.41) is 12.8. The first kappa shape index (κ1) is 15.7. The van der Waals surface area contributed by atoms with Crippen LogP contribution in [-0.4, -0.2) is 34.8 Å². The maximum absolute atomic E-state index is 9.35. The summed E-state index contributed by atoms with van der Waals surface area (Å²) in [6.45, 7) is 2.26. The number of piperidine rings is 1. The molecule has 23 heavy (non-hydrogen) atoms. The standard InChI is InChI=1S/C18H24N4O/c23-12-9-16(15-7-3-1-4-8-15)21-17-13-18(20-14-19-17)22-10-5-2-6-11-22/h1,3-4,7-8,13-14,16,23H,2,5-6,9-12H2,(H,19,20,21)/t16-/m1/s1. The van der Waals surface area contributed by atoms with E-state index < -0.39 is 0 Å². The molecule has 5 heteroatoms. The highest BCUT2D eigenvalue weighted by Gasteiger charge is 2.15. The highest BCUT2D eigenvalue weighted by Crippen LogP contribution is 2.24. The fourth-order valence-corrected chi connectivity index (χ4v) is 3.04. The van der Waals surface area contributed by atoms with Gasteiger partial charge in [-0.25, -0.2) is 9.97 Å². The Balaban J connectivity index is 1.75. The number of rotatable bonds is 6. The summed E-state index contributed by atoms with van der Waals surface area (Å²) in [4.78, 5) is 11.1. The molecule has 0 saturated carbocycles. The molecule has 1 atom stereocenters. The first-order valence-electron chi connectivity index (χ1n) is 8.36. The molecule has 1 aliphatic heterocycles. The van der Waals surface area contributed by atoms with E-state index in [0.29, 0.717) is 6.42 Å². The van der Waals surface area contributed by atoms with E-state index >= 15 is 0 Å². The molecule has 0 radical (unpaired) electrons. The number of aliphatic hydroxyl groups is 1. The van der Waals surface area contributed by atoms with E-state index in [2.05, 4.69) is 32.3 Å². The Morgan fingerprint density at radius 1 is 1.09 bits per heavy atom. The molecule has 0 unspecified atom stereocenters. The zero-order valence-electron chi connectivity index (χ0n) is 13.4. The Bertz CT molecular complexity index is 599. The maximum atomic E-state index is 9.35. The molecule has 2 heterocycles. The van der Waals surface area contributed by atoms with Crippen LogP contribution in [0.15, 0.2) is 42.7 Å². The Hall–Kier alpha value is -2.14. The van der Waals surface area contributed by atoms with Gasteiger partial charge in [-0.2, -0.15) is 0 Å². The van der Waals surface area contributed by atoms with Crippen LogP contribution in [0, 0.1) is 0 Å². The highest BCUT2D eigenvalue weighted by molar-refractivity contribution is 5.49. The van der Waals surface area contributed by atoms with Crippen molar-refractivity contribution >= 4 is 11.6 Å². The summed E-state index contributed by atoms with van der Waals surface area (Å²) in [7, 11) is 0. The predicted octanol–water partition coefficient (Wildman–Crippen LogP) is 3.00. The fourth-order valence-electron chi connectivity index (χ4n) is 3.04. The molecule has 1 saturated heterocycles. The zero-order valence-corrected chi connectivity index (χ0v) is 13.4. The van der Waals surface area contributed by atoms with Crippen LogP contribution in [0.25, 0.3) is 0 Å². The molecular formula is C18H24N4O. The van der Waals surface area contributed by atoms with Crippen LogP contribution in [0.4, 0.5) is 11.6 Å². The second-order valence-electron chi connectivity index (χ2n) is 5.93. The lowest BCUT2D eigenvalue weighted by Gasteiger charge is -2.28. The summed E-state index contributed by atoms with van der Waals surface area (Å²) in [6.07, 6.45) is 6.02. The molecule has 0 spiro atoms. The third-order valence-electron chi connectivity index (χ3n) is 4.27. The molecule has 2 N–H and O–H groups in total. The van der Waals surface area contributed by atoms with Gasteiger partial charge in [-0.15, -0.1) is 0 Å². The van der Waals surface area contributed by atoms with E-state index in [1.165, 1.54) is 19.3 Å². The van der Waals surface area contributed by atoms with Gasteiger partial charge in [-0.3, -0.25) is 0 Å². The minimum atomic E-state index is 0.0466. The Morgan fingerprint density at radius 2 is 1.87 bits per heavy atom. The van der Waals surface area contributed by atoms with Crippen molar-refractivity contribution in [1.29, 1.82) is 0 Å². The fraction of sp³-hybridized carbons (Fsp3) is 0.444. The van der Waals surface area contributed by atoms with Gasteiger partial charge in [-0.05, 0) is 31.2 Å². The number of nitrogens with zero attached hydrogens (tertiary/aromatic N) is 3. The number of anilines is 2. The third kappa shape index (κ3) is 4.20. The summed E-state index contributed by atoms with van der Waals surface area (Å²) in [5.41, 5.74) is 1.15. The first-order chi connectivity index (χ1) is 11.4. The molecule has 2 aromatic rings. The van der Waals surface area contributed by atoms with Gasteiger partial charge in [0.05, 0.1) is 6.04 Å². The first-order valence-corrected chi connectivity index (χ1v) is 8.36. The lowest BCUT2D eigenvalue weighted by Crippen LogP contribution is -2.30. The van der Waals surface area contributed by atoms with Gasteiger partial charge in [0.2, 0.25) is 0 Å². The van der Waals surface area contributed by atoms with Gasteiger partial charge in [0, 0.05) is 25.8 Å². The van der Waals surface area contributed by atoms with E-state index in [1.54, 1.807) is 6.33 Å². The zero-order chi connectivity index (χ0) is 15.9. The molecule has 1 aromatic carbocycles. The van der Waals surface area contributed by atoms with Gasteiger partial charge in [0.1, 0.15) is 18.0 Å². The summed E-state index contributed by atoms with van der Waals surface area (Å²) in [5.74, 6) is 1.79. The SMILES string of the molecule is OCC[C@@H](Nc1cc(N2CCCCC2)ncn1)c1ccccc1. The average Bonchev–Trinajstić information content (AvgIpc) is 2.63. The van der Waals surface area contributed by atoms with E-state index in [-0.39, 0.29) is 12.6 Å². The number of benzene rings is 1. The van der Waals surface area contributed by atoms with Crippen molar-refractivity contribution in [1.82, 2.24) is 9.97 Å². The monoisotopic (exact) mass is 312 g/mol. The van der Waals surface area contributed by atoms with E-state index in [9.17, 15) is 5.11 Å². The van der Waals surface area contributed by atoms with Crippen molar-refractivity contribution in [3.05, 3.63) is 48.3 Å². The van der Waals surface area contributed by atoms with E-state index in [1.807, 2.05) is 24.3 Å². The summed E-state index contributed by atoms with van der Waals surface area (Å²) in [6, 6.07) is 12.2. The molecule has 3 rings (SSSR count). The molecular weight excluding hydrogens is 288 g/mol. The van der Waals surface area contributed by atoms with Gasteiger partial charge < -0.3 is 15.3 Å². The van der Waals surface area contributed by atoms with Crippen molar-refractivity contribution in [3.63, 3.8) is 0 Å². The van der Waals surface area contributed by atoms with Crippen LogP contribution >= 0.6 is 0 Å². The van der Waals surface area contributed by atoms with Gasteiger partial charge in [0.25, 0.3) is 0 Å². The number of nitrogens with one attached hydrogen (secondary N) is 1. The van der Waals surface area contributed by atoms with Gasteiger partial charge >= 0.3 is 0 Å². The van der Waals surface area contributed by atoms with E-state index in [0.717, 1.165) is 30.3 Å². The lowest BCUT2D eigenvalue weighted by atomic mass is 10.0. The van der Waals surface area contributed by atoms with Gasteiger partial charge in [-0.1, -0.05) is 30.3 Å². The molecule has 0 bridgehead atoms. The van der Waals surface area contributed by atoms with Crippen LogP contribution in [-0.2, 0) is 0 Å². The normalized spacial score (nSPS) is 16.1. The van der Waals surface area contributed by atoms with Crippen molar-refractivity contribution in [2.45, 2.75) is 31.7 Å². The van der Waals surface area contributed by atoms with Crippen molar-refractivity contribution in [2.24, 2.45) is 0 Å². The Labute approximate surface area is 137 Å². The molecule has 122 valence electrons. The quantitative estimate of drug-likeness (QED) is 0.858. The third-order valence-corrected chi connectivity index (χ3v) is 4.27. The maximum Gasteiger partial charge on any atom is 0.134 e. The largest absolute Gasteiger partial charge is 0.396 e. The minimum Gasteiger partial charge on any atom is -0.396 e. The van der Waals surface area contributed by atoms with Crippen LogP contribution < -0.4 is 10.2 Å². The number of hydrogen-bond acceptors (Lipinski definition) is 5. The van der Waals surface area contributed by atoms with Crippen LogP contribution in [0.2, 0.25) is 0 Å². The van der Waals surface area contributed by atoms with E-state index in [4.69, 9.17) is 0 Å². The topological polar surface area (TPSA) is 61.3 Å². The second kappa shape index (κ2) is 7.92. The smallest absolute Gasteiger partial charge is 0.134 e. The molecule has 1 aliphatic rings. The van der Waals surface area contributed by atoms with Crippen molar-refractivity contribution in [3.8, 4) is 0 Å². The average molecular weight is 312 g/mol. The summed E-state index contributed by atoms with van der Waals surface area (Å²) < 4.78 is 0. The lowest BCUT2D eigenvalue weighted by molar-refractivity contribution is 0.280. The number of aromatic nitrogens is 2. The van der Waals surface area contributed by atoms with Crippen LogP contribution in [0.1, 0.15) is 37.3 Å². The van der Waals surface area contributed by atoms with Crippen LogP contribution in [0.5, 0.6) is 0 Å². The molecule has 1 aromatic heterocycles. The van der Waals surface area contributed by atoms with Gasteiger partial charge in [0.15, 0.2) is 0 Å². The predicted molar refractivity (Wildman–Crippen MR) is 92.6 cm³/mol. The van der Waals surface area contributed by atoms with Crippen LogP contribution in [0.3, 0.4) is 0 Å². The highest BCUT2D eigenvalue weighted by atomic mass is 16.3. The minimum absolute atomic E-state index is 0.0466. The second-order valence-corrected chi connectivity index (χ2v) is 5.93. The molecule has 0 aliphatic carbocycles. The number of aliphatic hydroxyl groups excluding tert-OH is 1. The summed E-state index contributed by atoms with van der Waals surface area (Å²) >= 11 is 0. The Morgan fingerprint density at radius 3 is 2.61 bits per heavy atom. The molecule has 0 amide bonds. The Kier molecular flexibility index (Phi) is 5.42. The van der Waals surface area contributed by atoms with Crippen molar-refractivity contribution < 1.29 is 5.11 Å². The van der Waals surface area contributed by atoms with Crippen molar-refractivity contribution in [2.75, 3.05) is 29.9 Å². The molecule has 1 fully saturated rings. The molecule has 5 nitrogen and oxygen atoms in total. The number of hydrogen-bond donors (Lipinski definition) is 2.